The van der Waals surface area contributed by atoms with Gasteiger partial charge in [-0.15, -0.1) is 24.0 Å². The van der Waals surface area contributed by atoms with Gasteiger partial charge < -0.3 is 20.9 Å². The van der Waals surface area contributed by atoms with Crippen molar-refractivity contribution < 1.29 is 13.6 Å². The van der Waals surface area contributed by atoms with Crippen LogP contribution in [0.2, 0.25) is 0 Å². The summed E-state index contributed by atoms with van der Waals surface area (Å²) in [5, 5.41) is 9.50. The Morgan fingerprint density at radius 2 is 1.86 bits per heavy atom. The highest BCUT2D eigenvalue weighted by Gasteiger charge is 2.27. The molecule has 1 saturated carbocycles. The Morgan fingerprint density at radius 1 is 1.17 bits per heavy atom. The van der Waals surface area contributed by atoms with Crippen molar-refractivity contribution >= 4 is 41.5 Å². The molecule has 1 saturated heterocycles. The average molecular weight is 521 g/mol. The van der Waals surface area contributed by atoms with E-state index in [2.05, 4.69) is 20.9 Å². The summed E-state index contributed by atoms with van der Waals surface area (Å²) in [5.74, 6) is -0.0300. The first-order valence-corrected chi connectivity index (χ1v) is 10.0. The van der Waals surface area contributed by atoms with Crippen molar-refractivity contribution in [3.8, 4) is 0 Å². The van der Waals surface area contributed by atoms with E-state index < -0.39 is 11.6 Å². The van der Waals surface area contributed by atoms with Gasteiger partial charge in [0.15, 0.2) is 5.96 Å². The molecular formula is C20H30F2IN5O. The van der Waals surface area contributed by atoms with Crippen molar-refractivity contribution in [2.75, 3.05) is 38.1 Å². The van der Waals surface area contributed by atoms with E-state index in [1.165, 1.54) is 18.2 Å². The zero-order valence-electron chi connectivity index (χ0n) is 16.7. The number of hydrogen-bond acceptors (Lipinski definition) is 3. The fourth-order valence-corrected chi connectivity index (χ4v) is 3.58. The lowest BCUT2D eigenvalue weighted by Crippen LogP contribution is -2.45. The molecule has 29 heavy (non-hydrogen) atoms. The van der Waals surface area contributed by atoms with Crippen molar-refractivity contribution in [3.63, 3.8) is 0 Å². The zero-order valence-corrected chi connectivity index (χ0v) is 19.0. The summed E-state index contributed by atoms with van der Waals surface area (Å²) in [7, 11) is 1.69. The molecule has 2 fully saturated rings. The molecule has 1 aromatic carbocycles. The van der Waals surface area contributed by atoms with E-state index in [1.807, 2.05) is 0 Å². The number of para-hydroxylation sites is 1. The predicted octanol–water partition coefficient (Wildman–Crippen LogP) is 2.63. The third-order valence-electron chi connectivity index (χ3n) is 5.43. The third-order valence-corrected chi connectivity index (χ3v) is 5.43. The normalized spacial score (nSPS) is 19.3. The first kappa shape index (κ1) is 23.6. The van der Waals surface area contributed by atoms with Gasteiger partial charge >= 0.3 is 0 Å². The van der Waals surface area contributed by atoms with Gasteiger partial charge in [-0.2, -0.15) is 0 Å². The number of aliphatic imine (C=N–C) groups is 1. The van der Waals surface area contributed by atoms with E-state index in [0.717, 1.165) is 32.1 Å². The van der Waals surface area contributed by atoms with E-state index >= 15 is 0 Å². The number of amides is 1. The molecule has 2 aliphatic rings. The molecule has 1 aliphatic carbocycles. The van der Waals surface area contributed by atoms with Crippen LogP contribution in [-0.2, 0) is 4.79 Å². The monoisotopic (exact) mass is 521 g/mol. The van der Waals surface area contributed by atoms with Crippen LogP contribution in [-0.4, -0.2) is 51.1 Å². The van der Waals surface area contributed by atoms with Gasteiger partial charge in [0.2, 0.25) is 5.91 Å². The predicted molar refractivity (Wildman–Crippen MR) is 122 cm³/mol. The fourth-order valence-electron chi connectivity index (χ4n) is 3.58. The average Bonchev–Trinajstić information content (AvgIpc) is 3.06. The molecule has 0 radical (unpaired) electrons. The highest BCUT2D eigenvalue weighted by atomic mass is 127. The standard InChI is InChI=1S/C20H29F2N5O.HI/c1-23-20(25-11-4-10-24-19(28)14-5-2-6-14)26-15-9-12-27(13-15)18-16(21)7-3-8-17(18)22;/h3,7-8,14-15H,2,4-6,9-13H2,1H3,(H,24,28)(H2,23,25,26);1H. The lowest BCUT2D eigenvalue weighted by Gasteiger charge is -2.24. The van der Waals surface area contributed by atoms with Crippen LogP contribution in [0.3, 0.4) is 0 Å². The minimum atomic E-state index is -0.535. The number of nitrogens with zero attached hydrogens (tertiary/aromatic N) is 2. The second-order valence-corrected chi connectivity index (χ2v) is 7.42. The van der Waals surface area contributed by atoms with Crippen LogP contribution in [0.4, 0.5) is 14.5 Å². The number of anilines is 1. The van der Waals surface area contributed by atoms with Crippen molar-refractivity contribution in [1.82, 2.24) is 16.0 Å². The van der Waals surface area contributed by atoms with Crippen LogP contribution in [0, 0.1) is 17.6 Å². The van der Waals surface area contributed by atoms with E-state index in [9.17, 15) is 13.6 Å². The second kappa shape index (κ2) is 11.5. The Hall–Kier alpha value is -1.65. The number of hydrogen-bond donors (Lipinski definition) is 3. The maximum absolute atomic E-state index is 14.0. The minimum absolute atomic E-state index is 0. The lowest BCUT2D eigenvalue weighted by molar-refractivity contribution is -0.127. The molecule has 1 heterocycles. The molecule has 162 valence electrons. The fraction of sp³-hybridized carbons (Fsp3) is 0.600. The highest BCUT2D eigenvalue weighted by molar-refractivity contribution is 14.0. The van der Waals surface area contributed by atoms with Gasteiger partial charge in [0, 0.05) is 45.2 Å². The number of carbonyl (C=O) groups excluding carboxylic acids is 1. The van der Waals surface area contributed by atoms with Crippen LogP contribution >= 0.6 is 24.0 Å². The number of halogens is 3. The second-order valence-electron chi connectivity index (χ2n) is 7.42. The maximum atomic E-state index is 14.0. The van der Waals surface area contributed by atoms with Gasteiger partial charge in [0.1, 0.15) is 17.3 Å². The molecule has 1 aromatic rings. The van der Waals surface area contributed by atoms with E-state index in [1.54, 1.807) is 11.9 Å². The van der Waals surface area contributed by atoms with Gasteiger partial charge in [0.25, 0.3) is 0 Å². The molecule has 3 N–H and O–H groups in total. The molecule has 6 nitrogen and oxygen atoms in total. The largest absolute Gasteiger partial charge is 0.365 e. The number of benzene rings is 1. The minimum Gasteiger partial charge on any atom is -0.365 e. The molecule has 9 heteroatoms. The molecule has 1 atom stereocenters. The molecule has 1 unspecified atom stereocenters. The van der Waals surface area contributed by atoms with Crippen molar-refractivity contribution in [1.29, 1.82) is 0 Å². The highest BCUT2D eigenvalue weighted by Crippen LogP contribution is 2.27. The van der Waals surface area contributed by atoms with Crippen molar-refractivity contribution in [2.24, 2.45) is 10.9 Å². The van der Waals surface area contributed by atoms with E-state index in [0.29, 0.717) is 32.1 Å². The lowest BCUT2D eigenvalue weighted by atomic mass is 9.85. The van der Waals surface area contributed by atoms with Gasteiger partial charge in [-0.1, -0.05) is 12.5 Å². The Kier molecular flexibility index (Phi) is 9.38. The van der Waals surface area contributed by atoms with Crippen LogP contribution in [0.15, 0.2) is 23.2 Å². The summed E-state index contributed by atoms with van der Waals surface area (Å²) in [6.45, 7) is 2.42. The van der Waals surface area contributed by atoms with E-state index in [4.69, 9.17) is 0 Å². The number of nitrogens with one attached hydrogen (secondary N) is 3. The summed E-state index contributed by atoms with van der Waals surface area (Å²) >= 11 is 0. The first-order valence-electron chi connectivity index (χ1n) is 10.0. The molecule has 1 aliphatic heterocycles. The summed E-state index contributed by atoms with van der Waals surface area (Å²) in [6.07, 6.45) is 4.75. The van der Waals surface area contributed by atoms with Gasteiger partial charge in [-0.3, -0.25) is 9.79 Å². The topological polar surface area (TPSA) is 68.8 Å². The third kappa shape index (κ3) is 6.42. The number of guanidine groups is 1. The number of carbonyl (C=O) groups is 1. The maximum Gasteiger partial charge on any atom is 0.223 e. The van der Waals surface area contributed by atoms with Crippen LogP contribution in [0.1, 0.15) is 32.1 Å². The van der Waals surface area contributed by atoms with Gasteiger partial charge in [-0.05, 0) is 37.8 Å². The summed E-state index contributed by atoms with van der Waals surface area (Å²) < 4.78 is 27.9. The van der Waals surface area contributed by atoms with Crippen LogP contribution < -0.4 is 20.9 Å². The Labute approximate surface area is 187 Å². The van der Waals surface area contributed by atoms with Crippen molar-refractivity contribution in [2.45, 2.75) is 38.1 Å². The van der Waals surface area contributed by atoms with Crippen LogP contribution in [0.5, 0.6) is 0 Å². The number of rotatable bonds is 7. The Balaban J connectivity index is 0.00000300. The smallest absolute Gasteiger partial charge is 0.223 e. The quantitative estimate of drug-likeness (QED) is 0.224. The zero-order chi connectivity index (χ0) is 19.9. The SMILES string of the molecule is CN=C(NCCCNC(=O)C1CCC1)NC1CCN(c2c(F)cccc2F)C1.I. The van der Waals surface area contributed by atoms with Crippen LogP contribution in [0.25, 0.3) is 0 Å². The Bertz CT molecular complexity index is 694. The molecule has 0 bridgehead atoms. The Morgan fingerprint density at radius 3 is 2.48 bits per heavy atom. The van der Waals surface area contributed by atoms with E-state index in [-0.39, 0.29) is 47.5 Å². The molecule has 1 amide bonds. The molecule has 3 rings (SSSR count). The van der Waals surface area contributed by atoms with Gasteiger partial charge in [-0.25, -0.2) is 8.78 Å². The van der Waals surface area contributed by atoms with Crippen molar-refractivity contribution in [3.05, 3.63) is 29.8 Å². The first-order chi connectivity index (χ1) is 13.6. The molecule has 0 aromatic heterocycles. The summed E-state index contributed by atoms with van der Waals surface area (Å²) in [4.78, 5) is 17.7. The summed E-state index contributed by atoms with van der Waals surface area (Å²) in [5.41, 5.74) is 0.0388. The molecule has 0 spiro atoms. The summed E-state index contributed by atoms with van der Waals surface area (Å²) in [6, 6.07) is 4.00. The van der Waals surface area contributed by atoms with Gasteiger partial charge in [0.05, 0.1) is 0 Å². The molecular weight excluding hydrogens is 491 g/mol.